The lowest BCUT2D eigenvalue weighted by molar-refractivity contribution is 0.113. The minimum Gasteiger partial charge on any atom is -0.489 e. The average molecular weight is 265 g/mol. The number of aryl methyl sites for hydroxylation is 1. The van der Waals surface area contributed by atoms with E-state index in [0.29, 0.717) is 6.04 Å². The Hall–Kier alpha value is -1.09. The van der Waals surface area contributed by atoms with Crippen LogP contribution in [-0.2, 0) is 0 Å². The molecular weight excluding hydrogens is 241 g/mol. The van der Waals surface area contributed by atoms with Gasteiger partial charge in [0.15, 0.2) is 0 Å². The van der Waals surface area contributed by atoms with Gasteiger partial charge in [-0.05, 0) is 62.9 Å². The van der Waals surface area contributed by atoms with Crippen LogP contribution in [0.15, 0.2) is 18.2 Å². The molecule has 1 aromatic carbocycles. The first-order valence-corrected chi connectivity index (χ1v) is 7.37. The molecule has 1 aromatic rings. The topological polar surface area (TPSA) is 21.3 Å². The third-order valence-electron chi connectivity index (χ3n) is 3.77. The first-order valence-electron chi connectivity index (χ1n) is 7.37. The zero-order valence-electron chi connectivity index (χ0n) is 11.9. The van der Waals surface area contributed by atoms with Crippen LogP contribution in [0.4, 0.5) is 4.39 Å². The summed E-state index contributed by atoms with van der Waals surface area (Å²) in [6.07, 6.45) is 6.09. The molecule has 3 heteroatoms. The lowest BCUT2D eigenvalue weighted by atomic mass is 9.92. The highest BCUT2D eigenvalue weighted by molar-refractivity contribution is 5.32. The molecule has 0 bridgehead atoms. The van der Waals surface area contributed by atoms with Gasteiger partial charge < -0.3 is 10.1 Å². The molecule has 2 nitrogen and oxygen atoms in total. The highest BCUT2D eigenvalue weighted by Gasteiger charge is 2.26. The summed E-state index contributed by atoms with van der Waals surface area (Å²) in [5.41, 5.74) is 0.875. The maximum absolute atomic E-state index is 13.1. The second-order valence-electron chi connectivity index (χ2n) is 5.41. The van der Waals surface area contributed by atoms with Gasteiger partial charge in [0.05, 0.1) is 0 Å². The van der Waals surface area contributed by atoms with Crippen molar-refractivity contribution in [3.63, 3.8) is 0 Å². The van der Waals surface area contributed by atoms with Crippen LogP contribution in [0, 0.1) is 12.7 Å². The van der Waals surface area contributed by atoms with Gasteiger partial charge in [-0.2, -0.15) is 0 Å². The van der Waals surface area contributed by atoms with Crippen molar-refractivity contribution in [2.24, 2.45) is 0 Å². The van der Waals surface area contributed by atoms with Crippen LogP contribution >= 0.6 is 0 Å². The second-order valence-corrected chi connectivity index (χ2v) is 5.41. The van der Waals surface area contributed by atoms with E-state index in [1.54, 1.807) is 6.07 Å². The van der Waals surface area contributed by atoms with Crippen LogP contribution in [-0.4, -0.2) is 18.7 Å². The third kappa shape index (κ3) is 3.93. The predicted molar refractivity (Wildman–Crippen MR) is 76.1 cm³/mol. The average Bonchev–Trinajstić information content (AvgIpc) is 2.41. The highest BCUT2D eigenvalue weighted by atomic mass is 19.1. The first kappa shape index (κ1) is 14.3. The van der Waals surface area contributed by atoms with Crippen molar-refractivity contribution in [3.8, 4) is 5.75 Å². The van der Waals surface area contributed by atoms with Gasteiger partial charge >= 0.3 is 0 Å². The van der Waals surface area contributed by atoms with E-state index in [0.717, 1.165) is 30.7 Å². The van der Waals surface area contributed by atoms with Gasteiger partial charge in [-0.25, -0.2) is 4.39 Å². The van der Waals surface area contributed by atoms with E-state index >= 15 is 0 Å². The third-order valence-corrected chi connectivity index (χ3v) is 3.77. The van der Waals surface area contributed by atoms with Gasteiger partial charge in [0.1, 0.15) is 17.7 Å². The van der Waals surface area contributed by atoms with Gasteiger partial charge in [0.2, 0.25) is 0 Å². The Kier molecular flexibility index (Phi) is 5.20. The Balaban J connectivity index is 2.02. The van der Waals surface area contributed by atoms with Crippen LogP contribution < -0.4 is 10.1 Å². The maximum atomic E-state index is 13.1. The molecule has 0 saturated heterocycles. The summed E-state index contributed by atoms with van der Waals surface area (Å²) in [6.45, 7) is 5.11. The molecule has 0 amide bonds. The molecule has 1 aliphatic rings. The van der Waals surface area contributed by atoms with Crippen molar-refractivity contribution in [1.29, 1.82) is 0 Å². The van der Waals surface area contributed by atoms with Crippen molar-refractivity contribution in [2.45, 2.75) is 58.1 Å². The molecule has 0 radical (unpaired) electrons. The van der Waals surface area contributed by atoms with Crippen molar-refractivity contribution in [2.75, 3.05) is 6.54 Å². The number of ether oxygens (including phenoxy) is 1. The normalized spacial score (nSPS) is 23.3. The van der Waals surface area contributed by atoms with E-state index in [4.69, 9.17) is 4.74 Å². The molecule has 1 aliphatic carbocycles. The smallest absolute Gasteiger partial charge is 0.123 e. The minimum absolute atomic E-state index is 0.200. The lowest BCUT2D eigenvalue weighted by Crippen LogP contribution is -2.45. The van der Waals surface area contributed by atoms with E-state index in [1.165, 1.54) is 31.4 Å². The summed E-state index contributed by atoms with van der Waals surface area (Å²) in [4.78, 5) is 0. The zero-order chi connectivity index (χ0) is 13.7. The van der Waals surface area contributed by atoms with Crippen LogP contribution in [0.25, 0.3) is 0 Å². The molecular formula is C16H24FNO. The number of benzene rings is 1. The Bertz CT molecular complexity index is 408. The van der Waals surface area contributed by atoms with E-state index in [2.05, 4.69) is 12.2 Å². The minimum atomic E-state index is -0.200. The van der Waals surface area contributed by atoms with Crippen LogP contribution in [0.3, 0.4) is 0 Å². The van der Waals surface area contributed by atoms with Crippen molar-refractivity contribution >= 4 is 0 Å². The lowest BCUT2D eigenvalue weighted by Gasteiger charge is -2.33. The van der Waals surface area contributed by atoms with Crippen molar-refractivity contribution in [1.82, 2.24) is 5.32 Å². The molecule has 0 spiro atoms. The summed E-state index contributed by atoms with van der Waals surface area (Å²) >= 11 is 0. The van der Waals surface area contributed by atoms with Gasteiger partial charge in [0, 0.05) is 6.04 Å². The van der Waals surface area contributed by atoms with E-state index in [1.807, 2.05) is 6.92 Å². The Morgan fingerprint density at radius 2 is 2.11 bits per heavy atom. The molecule has 2 rings (SSSR count). The number of hydrogen-bond donors (Lipinski definition) is 1. The molecule has 0 heterocycles. The van der Waals surface area contributed by atoms with Gasteiger partial charge in [-0.15, -0.1) is 0 Å². The largest absolute Gasteiger partial charge is 0.489 e. The fraction of sp³-hybridized carbons (Fsp3) is 0.625. The Morgan fingerprint density at radius 3 is 2.84 bits per heavy atom. The Morgan fingerprint density at radius 1 is 1.32 bits per heavy atom. The second kappa shape index (κ2) is 6.90. The highest BCUT2D eigenvalue weighted by Crippen LogP contribution is 2.26. The maximum Gasteiger partial charge on any atom is 0.123 e. The number of halogens is 1. The number of rotatable bonds is 5. The molecule has 2 unspecified atom stereocenters. The molecule has 1 saturated carbocycles. The first-order chi connectivity index (χ1) is 9.20. The van der Waals surface area contributed by atoms with Crippen molar-refractivity contribution in [3.05, 3.63) is 29.6 Å². The van der Waals surface area contributed by atoms with E-state index in [9.17, 15) is 4.39 Å². The fourth-order valence-electron chi connectivity index (χ4n) is 2.71. The molecule has 1 fully saturated rings. The predicted octanol–water partition coefficient (Wildman–Crippen LogP) is 3.82. The number of nitrogens with one attached hydrogen (secondary N) is 1. The summed E-state index contributed by atoms with van der Waals surface area (Å²) in [5.74, 6) is 0.616. The summed E-state index contributed by atoms with van der Waals surface area (Å²) in [6, 6.07) is 5.18. The molecule has 0 aromatic heterocycles. The fourth-order valence-corrected chi connectivity index (χ4v) is 2.71. The summed E-state index contributed by atoms with van der Waals surface area (Å²) in [5, 5.41) is 3.57. The molecule has 2 atom stereocenters. The Labute approximate surface area is 115 Å². The molecule has 106 valence electrons. The van der Waals surface area contributed by atoms with Crippen LogP contribution in [0.5, 0.6) is 5.75 Å². The van der Waals surface area contributed by atoms with Crippen LogP contribution in [0.2, 0.25) is 0 Å². The van der Waals surface area contributed by atoms with Crippen molar-refractivity contribution < 1.29 is 9.13 Å². The molecule has 1 N–H and O–H groups in total. The van der Waals surface area contributed by atoms with Gasteiger partial charge in [0.25, 0.3) is 0 Å². The van der Waals surface area contributed by atoms with Crippen LogP contribution in [0.1, 0.15) is 44.6 Å². The van der Waals surface area contributed by atoms with Gasteiger partial charge in [-0.3, -0.25) is 0 Å². The summed E-state index contributed by atoms with van der Waals surface area (Å²) < 4.78 is 19.2. The quantitative estimate of drug-likeness (QED) is 0.873. The van der Waals surface area contributed by atoms with Gasteiger partial charge in [-0.1, -0.05) is 13.3 Å². The SMILES string of the molecule is CCCNC1CCCCC1Oc1ccc(F)cc1C. The standard InChI is InChI=1S/C16H24FNO/c1-3-10-18-14-6-4-5-7-16(14)19-15-9-8-13(17)11-12(15)2/h8-9,11,14,16,18H,3-7,10H2,1-2H3. The molecule has 19 heavy (non-hydrogen) atoms. The van der Waals surface area contributed by atoms with E-state index < -0.39 is 0 Å². The van der Waals surface area contributed by atoms with E-state index in [-0.39, 0.29) is 11.9 Å². The monoisotopic (exact) mass is 265 g/mol. The number of hydrogen-bond acceptors (Lipinski definition) is 2. The molecule has 0 aliphatic heterocycles. The summed E-state index contributed by atoms with van der Waals surface area (Å²) in [7, 11) is 0. The zero-order valence-corrected chi connectivity index (χ0v) is 11.9.